The summed E-state index contributed by atoms with van der Waals surface area (Å²) in [6, 6.07) is 7.30. The van der Waals surface area contributed by atoms with Crippen molar-refractivity contribution in [3.05, 3.63) is 24.3 Å². The molecule has 0 unspecified atom stereocenters. The van der Waals surface area contributed by atoms with Gasteiger partial charge in [-0.25, -0.2) is 0 Å². The van der Waals surface area contributed by atoms with E-state index >= 15 is 0 Å². The molecule has 0 aromatic heterocycles. The molecule has 142 valence electrons. The summed E-state index contributed by atoms with van der Waals surface area (Å²) in [5, 5.41) is 2.94. The number of fused-ring (bicyclic) bond motifs is 1. The summed E-state index contributed by atoms with van der Waals surface area (Å²) in [5.74, 6) is 1.25. The third-order valence-electron chi connectivity index (χ3n) is 4.77. The average Bonchev–Trinajstić information content (AvgIpc) is 2.66. The maximum atomic E-state index is 12.7. The molecule has 0 radical (unpaired) electrons. The van der Waals surface area contributed by atoms with Crippen LogP contribution in [-0.2, 0) is 9.59 Å². The number of rotatable bonds is 4. The Hall–Kier alpha value is -2.28. The molecule has 2 aliphatic rings. The summed E-state index contributed by atoms with van der Waals surface area (Å²) in [4.78, 5) is 28.8. The van der Waals surface area contributed by atoms with Gasteiger partial charge in [-0.2, -0.15) is 0 Å². The smallest absolute Gasteiger partial charge is 0.267 e. The Bertz CT molecular complexity index is 656. The number of nitrogens with zero attached hydrogens (tertiary/aromatic N) is 2. The van der Waals surface area contributed by atoms with Gasteiger partial charge in [0.2, 0.25) is 12.0 Å². The second-order valence-electron chi connectivity index (χ2n) is 7.06. The molecule has 1 aromatic carbocycles. The minimum absolute atomic E-state index is 0.0281. The standard InChI is InChI=1S/C19H27N3O4/c1-13(2)20-18(23)14(3)21-8-10-22(11-9-21)19(24)17-12-25-15-6-4-5-7-16(15)26-17/h4-7,13-14,17H,8-12H2,1-3H3,(H,20,23)/t14-,17-/m1/s1. The molecule has 1 aromatic rings. The van der Waals surface area contributed by atoms with Crippen molar-refractivity contribution in [2.24, 2.45) is 0 Å². The quantitative estimate of drug-likeness (QED) is 0.862. The number of benzene rings is 1. The Morgan fingerprint density at radius 2 is 1.73 bits per heavy atom. The van der Waals surface area contributed by atoms with Gasteiger partial charge < -0.3 is 19.7 Å². The SMILES string of the molecule is CC(C)NC(=O)[C@@H](C)N1CCN(C(=O)[C@H]2COc3ccccc3O2)CC1. The van der Waals surface area contributed by atoms with Gasteiger partial charge in [0.1, 0.15) is 6.61 Å². The van der Waals surface area contributed by atoms with Crippen LogP contribution >= 0.6 is 0 Å². The zero-order chi connectivity index (χ0) is 18.7. The van der Waals surface area contributed by atoms with Crippen molar-refractivity contribution in [1.29, 1.82) is 0 Å². The predicted molar refractivity (Wildman–Crippen MR) is 97.2 cm³/mol. The minimum atomic E-state index is -0.613. The van der Waals surface area contributed by atoms with E-state index in [-0.39, 0.29) is 30.5 Å². The van der Waals surface area contributed by atoms with E-state index < -0.39 is 6.10 Å². The number of carbonyl (C=O) groups is 2. The Balaban J connectivity index is 1.52. The second kappa shape index (κ2) is 7.95. The molecule has 2 atom stereocenters. The topological polar surface area (TPSA) is 71.1 Å². The first-order valence-electron chi connectivity index (χ1n) is 9.17. The molecular weight excluding hydrogens is 334 g/mol. The van der Waals surface area contributed by atoms with Crippen molar-refractivity contribution in [1.82, 2.24) is 15.1 Å². The van der Waals surface area contributed by atoms with Crippen molar-refractivity contribution >= 4 is 11.8 Å². The monoisotopic (exact) mass is 361 g/mol. The van der Waals surface area contributed by atoms with Crippen LogP contribution in [0.5, 0.6) is 11.5 Å². The fourth-order valence-electron chi connectivity index (χ4n) is 3.25. The van der Waals surface area contributed by atoms with Gasteiger partial charge in [-0.3, -0.25) is 14.5 Å². The summed E-state index contributed by atoms with van der Waals surface area (Å²) >= 11 is 0. The highest BCUT2D eigenvalue weighted by Gasteiger charge is 2.34. The van der Waals surface area contributed by atoms with Crippen molar-refractivity contribution < 1.29 is 19.1 Å². The molecule has 3 rings (SSSR count). The van der Waals surface area contributed by atoms with E-state index in [1.165, 1.54) is 0 Å². The number of nitrogens with one attached hydrogen (secondary N) is 1. The molecule has 2 heterocycles. The lowest BCUT2D eigenvalue weighted by atomic mass is 10.2. The highest BCUT2D eigenvalue weighted by molar-refractivity contribution is 5.83. The third-order valence-corrected chi connectivity index (χ3v) is 4.77. The van der Waals surface area contributed by atoms with Crippen LogP contribution in [0.25, 0.3) is 0 Å². The van der Waals surface area contributed by atoms with Crippen molar-refractivity contribution in [2.75, 3.05) is 32.8 Å². The molecule has 1 N–H and O–H groups in total. The number of para-hydroxylation sites is 2. The number of piperazine rings is 1. The van der Waals surface area contributed by atoms with Crippen molar-refractivity contribution in [3.8, 4) is 11.5 Å². The van der Waals surface area contributed by atoms with E-state index in [1.807, 2.05) is 45.0 Å². The lowest BCUT2D eigenvalue weighted by molar-refractivity contribution is -0.143. The van der Waals surface area contributed by atoms with Crippen LogP contribution in [0, 0.1) is 0 Å². The average molecular weight is 361 g/mol. The summed E-state index contributed by atoms with van der Waals surface area (Å²) in [6.45, 7) is 8.54. The highest BCUT2D eigenvalue weighted by atomic mass is 16.6. The summed E-state index contributed by atoms with van der Waals surface area (Å²) in [5.41, 5.74) is 0. The highest BCUT2D eigenvalue weighted by Crippen LogP contribution is 2.31. The van der Waals surface area contributed by atoms with E-state index in [0.29, 0.717) is 37.7 Å². The maximum Gasteiger partial charge on any atom is 0.267 e. The van der Waals surface area contributed by atoms with Gasteiger partial charge in [0, 0.05) is 32.2 Å². The van der Waals surface area contributed by atoms with Crippen LogP contribution in [0.2, 0.25) is 0 Å². The largest absolute Gasteiger partial charge is 0.485 e. The fourth-order valence-corrected chi connectivity index (χ4v) is 3.25. The lowest BCUT2D eigenvalue weighted by Gasteiger charge is -2.39. The third kappa shape index (κ3) is 4.09. The van der Waals surface area contributed by atoms with Gasteiger partial charge in [0.15, 0.2) is 11.5 Å². The van der Waals surface area contributed by atoms with Crippen LogP contribution in [0.4, 0.5) is 0 Å². The van der Waals surface area contributed by atoms with E-state index in [4.69, 9.17) is 9.47 Å². The first-order chi connectivity index (χ1) is 12.5. The molecule has 0 spiro atoms. The first kappa shape index (κ1) is 18.5. The molecule has 1 saturated heterocycles. The van der Waals surface area contributed by atoms with Gasteiger partial charge in [0.05, 0.1) is 6.04 Å². The number of ether oxygens (including phenoxy) is 2. The normalized spacial score (nSPS) is 21.4. The van der Waals surface area contributed by atoms with Crippen molar-refractivity contribution in [2.45, 2.75) is 39.0 Å². The fraction of sp³-hybridized carbons (Fsp3) is 0.579. The first-order valence-corrected chi connectivity index (χ1v) is 9.17. The van der Waals surface area contributed by atoms with Crippen LogP contribution < -0.4 is 14.8 Å². The van der Waals surface area contributed by atoms with E-state index in [0.717, 1.165) is 0 Å². The molecule has 2 aliphatic heterocycles. The van der Waals surface area contributed by atoms with Gasteiger partial charge in [-0.1, -0.05) is 12.1 Å². The molecular formula is C19H27N3O4. The molecule has 0 aliphatic carbocycles. The summed E-state index contributed by atoms with van der Waals surface area (Å²) < 4.78 is 11.4. The maximum absolute atomic E-state index is 12.7. The molecule has 0 saturated carbocycles. The van der Waals surface area contributed by atoms with E-state index in [9.17, 15) is 9.59 Å². The number of hydrogen-bond donors (Lipinski definition) is 1. The van der Waals surface area contributed by atoms with Gasteiger partial charge in [0.25, 0.3) is 5.91 Å². The zero-order valence-electron chi connectivity index (χ0n) is 15.6. The number of carbonyl (C=O) groups excluding carboxylic acids is 2. The second-order valence-corrected chi connectivity index (χ2v) is 7.06. The molecule has 7 heteroatoms. The molecule has 1 fully saturated rings. The van der Waals surface area contributed by atoms with Crippen LogP contribution in [0.15, 0.2) is 24.3 Å². The predicted octanol–water partition coefficient (Wildman–Crippen LogP) is 0.884. The summed E-state index contributed by atoms with van der Waals surface area (Å²) in [7, 11) is 0. The molecule has 0 bridgehead atoms. The van der Waals surface area contributed by atoms with Gasteiger partial charge in [-0.05, 0) is 32.9 Å². The van der Waals surface area contributed by atoms with E-state index in [2.05, 4.69) is 10.2 Å². The summed E-state index contributed by atoms with van der Waals surface area (Å²) in [6.07, 6.45) is -0.613. The Morgan fingerprint density at radius 3 is 2.38 bits per heavy atom. The molecule has 26 heavy (non-hydrogen) atoms. The minimum Gasteiger partial charge on any atom is -0.485 e. The van der Waals surface area contributed by atoms with Gasteiger partial charge >= 0.3 is 0 Å². The zero-order valence-corrected chi connectivity index (χ0v) is 15.6. The Labute approximate surface area is 154 Å². The number of hydrogen-bond acceptors (Lipinski definition) is 5. The Kier molecular flexibility index (Phi) is 5.66. The van der Waals surface area contributed by atoms with Crippen LogP contribution in [0.3, 0.4) is 0 Å². The molecule has 2 amide bonds. The van der Waals surface area contributed by atoms with Gasteiger partial charge in [-0.15, -0.1) is 0 Å². The van der Waals surface area contributed by atoms with E-state index in [1.54, 1.807) is 4.90 Å². The van der Waals surface area contributed by atoms with Crippen LogP contribution in [-0.4, -0.2) is 72.6 Å². The lowest BCUT2D eigenvalue weighted by Crippen LogP contribution is -2.58. The van der Waals surface area contributed by atoms with Crippen molar-refractivity contribution in [3.63, 3.8) is 0 Å². The van der Waals surface area contributed by atoms with Crippen LogP contribution in [0.1, 0.15) is 20.8 Å². The molecule has 7 nitrogen and oxygen atoms in total. The Morgan fingerprint density at radius 1 is 1.08 bits per heavy atom. The number of amides is 2.